The van der Waals surface area contributed by atoms with Gasteiger partial charge in [0.2, 0.25) is 0 Å². The van der Waals surface area contributed by atoms with Crippen LogP contribution in [0.15, 0.2) is 18.2 Å². The number of hydrogen-bond acceptors (Lipinski definition) is 1. The van der Waals surface area contributed by atoms with Crippen LogP contribution in [0.3, 0.4) is 0 Å². The predicted molar refractivity (Wildman–Crippen MR) is 63.2 cm³/mol. The van der Waals surface area contributed by atoms with Gasteiger partial charge in [-0.15, -0.1) is 12.3 Å². The third kappa shape index (κ3) is 3.77. The van der Waals surface area contributed by atoms with Crippen LogP contribution < -0.4 is 0 Å². The first-order chi connectivity index (χ1) is 7.13. The van der Waals surface area contributed by atoms with E-state index in [2.05, 4.69) is 5.92 Å². The van der Waals surface area contributed by atoms with E-state index in [4.69, 9.17) is 18.0 Å². The smallest absolute Gasteiger partial charge is 0.162 e. The number of carbonyl (C=O) groups is 1. The van der Waals surface area contributed by atoms with Crippen molar-refractivity contribution in [1.29, 1.82) is 0 Å². The number of Topliss-reactive ketones (excluding diaryl/α,β-unsaturated/α-hetero) is 1. The van der Waals surface area contributed by atoms with Gasteiger partial charge in [-0.2, -0.15) is 0 Å². The molecule has 0 aliphatic heterocycles. The van der Waals surface area contributed by atoms with Crippen LogP contribution in [0.2, 0.25) is 5.02 Å². The Morgan fingerprint density at radius 2 is 2.20 bits per heavy atom. The van der Waals surface area contributed by atoms with E-state index in [9.17, 15) is 4.79 Å². The molecule has 0 amide bonds. The van der Waals surface area contributed by atoms with Crippen LogP contribution in [0.5, 0.6) is 0 Å². The molecule has 1 nitrogen and oxygen atoms in total. The highest BCUT2D eigenvalue weighted by Gasteiger charge is 2.06. The summed E-state index contributed by atoms with van der Waals surface area (Å²) in [5, 5.41) is 0.607. The zero-order chi connectivity index (χ0) is 11.3. The SMILES string of the molecule is C#CCCCC(=O)c1cc(C)cc(Cl)c1. The number of terminal acetylenes is 1. The first-order valence-corrected chi connectivity index (χ1v) is 5.25. The van der Waals surface area contributed by atoms with E-state index >= 15 is 0 Å². The predicted octanol–water partition coefficient (Wildman–Crippen LogP) is 3.63. The highest BCUT2D eigenvalue weighted by Crippen LogP contribution is 2.16. The van der Waals surface area contributed by atoms with Gasteiger partial charge in [-0.3, -0.25) is 4.79 Å². The van der Waals surface area contributed by atoms with Crippen molar-refractivity contribution >= 4 is 17.4 Å². The topological polar surface area (TPSA) is 17.1 Å². The Bertz CT molecular complexity index is 381. The quantitative estimate of drug-likeness (QED) is 0.430. The molecule has 0 unspecified atom stereocenters. The van der Waals surface area contributed by atoms with Gasteiger partial charge in [-0.05, 0) is 37.1 Å². The summed E-state index contributed by atoms with van der Waals surface area (Å²) in [5.74, 6) is 2.63. The summed E-state index contributed by atoms with van der Waals surface area (Å²) in [6, 6.07) is 5.39. The summed E-state index contributed by atoms with van der Waals surface area (Å²) in [6.07, 6.45) is 6.99. The average Bonchev–Trinajstić information content (AvgIpc) is 2.16. The summed E-state index contributed by atoms with van der Waals surface area (Å²) in [4.78, 5) is 11.7. The van der Waals surface area contributed by atoms with Crippen molar-refractivity contribution in [2.24, 2.45) is 0 Å². The van der Waals surface area contributed by atoms with Crippen molar-refractivity contribution in [3.63, 3.8) is 0 Å². The Labute approximate surface area is 95.5 Å². The second-order valence-electron chi connectivity index (χ2n) is 3.50. The van der Waals surface area contributed by atoms with Crippen molar-refractivity contribution < 1.29 is 4.79 Å². The maximum Gasteiger partial charge on any atom is 0.162 e. The lowest BCUT2D eigenvalue weighted by Crippen LogP contribution is -1.99. The number of aryl methyl sites for hydroxylation is 1. The van der Waals surface area contributed by atoms with Crippen molar-refractivity contribution in [2.45, 2.75) is 26.2 Å². The number of ketones is 1. The van der Waals surface area contributed by atoms with Gasteiger partial charge in [0, 0.05) is 23.4 Å². The third-order valence-corrected chi connectivity index (χ3v) is 2.31. The van der Waals surface area contributed by atoms with Gasteiger partial charge < -0.3 is 0 Å². The van der Waals surface area contributed by atoms with Crippen molar-refractivity contribution in [2.75, 3.05) is 0 Å². The Morgan fingerprint density at radius 3 is 2.80 bits per heavy atom. The van der Waals surface area contributed by atoms with Crippen molar-refractivity contribution in [3.05, 3.63) is 34.3 Å². The lowest BCUT2D eigenvalue weighted by Gasteiger charge is -2.02. The molecule has 0 saturated heterocycles. The van der Waals surface area contributed by atoms with Crippen LogP contribution in [0.25, 0.3) is 0 Å². The van der Waals surface area contributed by atoms with E-state index < -0.39 is 0 Å². The molecule has 78 valence electrons. The van der Waals surface area contributed by atoms with E-state index in [0.717, 1.165) is 12.0 Å². The van der Waals surface area contributed by atoms with Gasteiger partial charge in [-0.1, -0.05) is 11.6 Å². The lowest BCUT2D eigenvalue weighted by molar-refractivity contribution is 0.0980. The van der Waals surface area contributed by atoms with Gasteiger partial charge >= 0.3 is 0 Å². The van der Waals surface area contributed by atoms with Gasteiger partial charge in [0.15, 0.2) is 5.78 Å². The maximum atomic E-state index is 11.7. The minimum Gasteiger partial charge on any atom is -0.294 e. The van der Waals surface area contributed by atoms with Crippen LogP contribution in [0.1, 0.15) is 35.2 Å². The van der Waals surface area contributed by atoms with E-state index in [-0.39, 0.29) is 5.78 Å². The molecule has 0 spiro atoms. The van der Waals surface area contributed by atoms with Crippen LogP contribution in [0.4, 0.5) is 0 Å². The van der Waals surface area contributed by atoms with Gasteiger partial charge in [0.05, 0.1) is 0 Å². The zero-order valence-electron chi connectivity index (χ0n) is 8.72. The molecule has 0 N–H and O–H groups in total. The number of halogens is 1. The fraction of sp³-hybridized carbons (Fsp3) is 0.308. The summed E-state index contributed by atoms with van der Waals surface area (Å²) in [7, 11) is 0. The molecule has 1 aromatic carbocycles. The fourth-order valence-electron chi connectivity index (χ4n) is 1.39. The molecule has 0 aliphatic rings. The second-order valence-corrected chi connectivity index (χ2v) is 3.93. The van der Waals surface area contributed by atoms with Crippen molar-refractivity contribution in [1.82, 2.24) is 0 Å². The lowest BCUT2D eigenvalue weighted by atomic mass is 10.0. The number of carbonyl (C=O) groups excluding carboxylic acids is 1. The minimum atomic E-state index is 0.107. The maximum absolute atomic E-state index is 11.7. The summed E-state index contributed by atoms with van der Waals surface area (Å²) >= 11 is 5.87. The number of benzene rings is 1. The first kappa shape index (κ1) is 11.8. The molecule has 1 aromatic rings. The summed E-state index contributed by atoms with van der Waals surface area (Å²) < 4.78 is 0. The Balaban J connectivity index is 2.70. The number of hydrogen-bond donors (Lipinski definition) is 0. The molecule has 0 saturated carbocycles. The van der Waals surface area contributed by atoms with Gasteiger partial charge in [-0.25, -0.2) is 0 Å². The third-order valence-electron chi connectivity index (χ3n) is 2.09. The van der Waals surface area contributed by atoms with Gasteiger partial charge in [0.1, 0.15) is 0 Å². The van der Waals surface area contributed by atoms with E-state index in [1.807, 2.05) is 19.1 Å². The Morgan fingerprint density at radius 1 is 1.47 bits per heavy atom. The second kappa shape index (κ2) is 5.58. The van der Waals surface area contributed by atoms with Crippen LogP contribution in [0, 0.1) is 19.3 Å². The molecule has 0 heterocycles. The highest BCUT2D eigenvalue weighted by molar-refractivity contribution is 6.31. The fourth-order valence-corrected chi connectivity index (χ4v) is 1.68. The zero-order valence-corrected chi connectivity index (χ0v) is 9.47. The van der Waals surface area contributed by atoms with Crippen LogP contribution in [-0.4, -0.2) is 5.78 Å². The molecule has 0 atom stereocenters. The molecule has 2 heteroatoms. The van der Waals surface area contributed by atoms with E-state index in [1.165, 1.54) is 0 Å². The Kier molecular flexibility index (Phi) is 4.39. The highest BCUT2D eigenvalue weighted by atomic mass is 35.5. The largest absolute Gasteiger partial charge is 0.294 e. The summed E-state index contributed by atoms with van der Waals surface area (Å²) in [6.45, 7) is 1.92. The molecule has 1 rings (SSSR count). The summed E-state index contributed by atoms with van der Waals surface area (Å²) in [5.41, 5.74) is 1.68. The molecule has 0 aliphatic carbocycles. The van der Waals surface area contributed by atoms with Crippen LogP contribution >= 0.6 is 11.6 Å². The molecular formula is C13H13ClO. The normalized spacial score (nSPS) is 9.67. The standard InChI is InChI=1S/C13H13ClO/c1-3-4-5-6-13(15)11-7-10(2)8-12(14)9-11/h1,7-9H,4-6H2,2H3. The molecule has 0 fully saturated rings. The number of unbranched alkanes of at least 4 members (excludes halogenated alkanes) is 1. The average molecular weight is 221 g/mol. The van der Waals surface area contributed by atoms with E-state index in [1.54, 1.807) is 6.07 Å². The first-order valence-electron chi connectivity index (χ1n) is 4.87. The van der Waals surface area contributed by atoms with E-state index in [0.29, 0.717) is 23.4 Å². The van der Waals surface area contributed by atoms with Crippen LogP contribution in [-0.2, 0) is 0 Å². The molecule has 15 heavy (non-hydrogen) atoms. The molecule has 0 aromatic heterocycles. The number of rotatable bonds is 4. The molecular weight excluding hydrogens is 208 g/mol. The van der Waals surface area contributed by atoms with Crippen molar-refractivity contribution in [3.8, 4) is 12.3 Å². The Hall–Kier alpha value is -1.26. The molecule has 0 bridgehead atoms. The minimum absolute atomic E-state index is 0.107. The molecule has 0 radical (unpaired) electrons. The van der Waals surface area contributed by atoms with Gasteiger partial charge in [0.25, 0.3) is 0 Å². The monoisotopic (exact) mass is 220 g/mol.